The fourth-order valence-corrected chi connectivity index (χ4v) is 2.59. The number of hydrogen-bond acceptors (Lipinski definition) is 4. The Bertz CT molecular complexity index is 663. The van der Waals surface area contributed by atoms with Crippen LogP contribution in [0.2, 0.25) is 5.02 Å². The van der Waals surface area contributed by atoms with Crippen LogP contribution in [0.5, 0.6) is 0 Å². The number of Topliss-reactive ketones (excluding diaryl/α,β-unsaturated/α-hetero) is 1. The van der Waals surface area contributed by atoms with Crippen molar-refractivity contribution in [3.63, 3.8) is 0 Å². The minimum atomic E-state index is -0.274. The summed E-state index contributed by atoms with van der Waals surface area (Å²) in [7, 11) is 1.62. The first-order valence-electron chi connectivity index (χ1n) is 5.09. The lowest BCUT2D eigenvalue weighted by atomic mass is 10.1. The average molecular weight is 284 g/mol. The smallest absolute Gasteiger partial charge is 0.294 e. The Hall–Kier alpha value is -1.53. The molecule has 0 amide bonds. The Morgan fingerprint density at radius 1 is 1.50 bits per heavy atom. The number of ketones is 1. The highest BCUT2D eigenvalue weighted by Crippen LogP contribution is 2.28. The van der Waals surface area contributed by atoms with E-state index in [4.69, 9.17) is 11.6 Å². The van der Waals surface area contributed by atoms with Gasteiger partial charge in [-0.2, -0.15) is 0 Å². The van der Waals surface area contributed by atoms with Gasteiger partial charge in [0.25, 0.3) is 0 Å². The van der Waals surface area contributed by atoms with Crippen LogP contribution in [0.3, 0.4) is 0 Å². The molecule has 1 N–H and O–H groups in total. The molecule has 0 saturated carbocycles. The van der Waals surface area contributed by atoms with Gasteiger partial charge in [0.1, 0.15) is 0 Å². The van der Waals surface area contributed by atoms with E-state index in [0.29, 0.717) is 15.7 Å². The van der Waals surface area contributed by atoms with Crippen LogP contribution >= 0.6 is 23.4 Å². The Kier molecular flexibility index (Phi) is 3.58. The van der Waals surface area contributed by atoms with Crippen molar-refractivity contribution in [1.29, 1.82) is 0 Å². The van der Waals surface area contributed by atoms with Crippen molar-refractivity contribution in [1.82, 2.24) is 14.8 Å². The predicted octanol–water partition coefficient (Wildman–Crippen LogP) is 2.12. The lowest BCUT2D eigenvalue weighted by Crippen LogP contribution is -2.12. The fourth-order valence-electron chi connectivity index (χ4n) is 1.37. The third kappa shape index (κ3) is 2.49. The van der Waals surface area contributed by atoms with Gasteiger partial charge in [-0.3, -0.25) is 9.36 Å². The van der Waals surface area contributed by atoms with Crippen LogP contribution in [0, 0.1) is 0 Å². The second-order valence-electron chi connectivity index (χ2n) is 3.67. The van der Waals surface area contributed by atoms with Crippen molar-refractivity contribution in [2.75, 3.05) is 0 Å². The molecule has 0 radical (unpaired) electrons. The maximum Gasteiger partial charge on any atom is 0.343 e. The number of halogens is 1. The molecule has 1 heterocycles. The Morgan fingerprint density at radius 2 is 2.22 bits per heavy atom. The number of benzene rings is 1. The van der Waals surface area contributed by atoms with Crippen LogP contribution in [0.25, 0.3) is 0 Å². The molecule has 0 spiro atoms. The molecule has 0 unspecified atom stereocenters. The van der Waals surface area contributed by atoms with Crippen molar-refractivity contribution in [3.8, 4) is 0 Å². The van der Waals surface area contributed by atoms with Gasteiger partial charge in [0, 0.05) is 17.5 Å². The minimum absolute atomic E-state index is 0.0799. The zero-order valence-electron chi connectivity index (χ0n) is 9.73. The summed E-state index contributed by atoms with van der Waals surface area (Å²) in [4.78, 5) is 23.3. The summed E-state index contributed by atoms with van der Waals surface area (Å²) in [6.45, 7) is 1.46. The maximum absolute atomic E-state index is 11.2. The lowest BCUT2D eigenvalue weighted by molar-refractivity contribution is 0.101. The molecule has 5 nitrogen and oxygen atoms in total. The summed E-state index contributed by atoms with van der Waals surface area (Å²) in [5.74, 6) is -0.0799. The van der Waals surface area contributed by atoms with Crippen LogP contribution in [-0.4, -0.2) is 20.5 Å². The van der Waals surface area contributed by atoms with Gasteiger partial charge in [-0.1, -0.05) is 11.6 Å². The fraction of sp³-hybridized carbons (Fsp3) is 0.182. The predicted molar refractivity (Wildman–Crippen MR) is 69.4 cm³/mol. The molecule has 0 atom stereocenters. The van der Waals surface area contributed by atoms with Crippen molar-refractivity contribution in [2.24, 2.45) is 7.05 Å². The number of carbonyl (C=O) groups is 1. The third-order valence-corrected chi connectivity index (χ3v) is 3.72. The molecule has 0 aliphatic carbocycles. The topological polar surface area (TPSA) is 67.8 Å². The highest BCUT2D eigenvalue weighted by atomic mass is 35.5. The number of hydrogen-bond donors (Lipinski definition) is 1. The highest BCUT2D eigenvalue weighted by molar-refractivity contribution is 7.99. The first-order valence-corrected chi connectivity index (χ1v) is 6.28. The second kappa shape index (κ2) is 4.99. The van der Waals surface area contributed by atoms with E-state index in [0.717, 1.165) is 4.90 Å². The van der Waals surface area contributed by atoms with Crippen molar-refractivity contribution in [2.45, 2.75) is 17.0 Å². The second-order valence-corrected chi connectivity index (χ2v) is 5.12. The van der Waals surface area contributed by atoms with Gasteiger partial charge in [0.2, 0.25) is 0 Å². The van der Waals surface area contributed by atoms with E-state index in [9.17, 15) is 9.59 Å². The quantitative estimate of drug-likeness (QED) is 0.876. The molecular formula is C11H10ClN3O2S. The molecule has 7 heteroatoms. The number of nitrogens with one attached hydrogen (secondary N) is 1. The van der Waals surface area contributed by atoms with Gasteiger partial charge in [0.15, 0.2) is 10.9 Å². The summed E-state index contributed by atoms with van der Waals surface area (Å²) in [5.41, 5.74) is 0.209. The molecule has 18 heavy (non-hydrogen) atoms. The van der Waals surface area contributed by atoms with E-state index in [1.54, 1.807) is 25.2 Å². The van der Waals surface area contributed by atoms with Crippen LogP contribution in [-0.2, 0) is 7.05 Å². The summed E-state index contributed by atoms with van der Waals surface area (Å²) in [6.07, 6.45) is 0. The number of H-pyrrole nitrogens is 1. The Labute approximate surface area is 112 Å². The van der Waals surface area contributed by atoms with E-state index in [2.05, 4.69) is 10.2 Å². The van der Waals surface area contributed by atoms with Crippen molar-refractivity contribution in [3.05, 3.63) is 39.3 Å². The molecule has 1 aromatic heterocycles. The summed E-state index contributed by atoms with van der Waals surface area (Å²) in [6, 6.07) is 5.12. The van der Waals surface area contributed by atoms with E-state index in [1.165, 1.54) is 23.3 Å². The molecule has 2 aromatic rings. The van der Waals surface area contributed by atoms with Crippen LogP contribution in [0.15, 0.2) is 33.0 Å². The first kappa shape index (κ1) is 12.9. The largest absolute Gasteiger partial charge is 0.343 e. The van der Waals surface area contributed by atoms with E-state index >= 15 is 0 Å². The molecule has 1 aromatic carbocycles. The zero-order valence-corrected chi connectivity index (χ0v) is 11.3. The zero-order chi connectivity index (χ0) is 13.3. The first-order chi connectivity index (χ1) is 8.49. The molecular weight excluding hydrogens is 274 g/mol. The maximum atomic E-state index is 11.2. The van der Waals surface area contributed by atoms with Crippen molar-refractivity contribution >= 4 is 29.1 Å². The number of rotatable bonds is 3. The molecule has 94 valence electrons. The number of carbonyl (C=O) groups excluding carboxylic acids is 1. The van der Waals surface area contributed by atoms with E-state index in [1.807, 2.05) is 0 Å². The third-order valence-electron chi connectivity index (χ3n) is 2.37. The minimum Gasteiger partial charge on any atom is -0.294 e. The normalized spacial score (nSPS) is 10.6. The van der Waals surface area contributed by atoms with Gasteiger partial charge in [0.05, 0.1) is 5.02 Å². The molecule has 0 aliphatic heterocycles. The summed E-state index contributed by atoms with van der Waals surface area (Å²) < 4.78 is 1.40. The van der Waals surface area contributed by atoms with Gasteiger partial charge in [-0.25, -0.2) is 9.89 Å². The van der Waals surface area contributed by atoms with Gasteiger partial charge in [-0.15, -0.1) is 5.10 Å². The molecule has 0 aliphatic rings. The number of aromatic nitrogens is 3. The Morgan fingerprint density at radius 3 is 2.72 bits per heavy atom. The van der Waals surface area contributed by atoms with Gasteiger partial charge in [-0.05, 0) is 36.9 Å². The average Bonchev–Trinajstić information content (AvgIpc) is 2.61. The van der Waals surface area contributed by atoms with Crippen LogP contribution in [0.1, 0.15) is 17.3 Å². The molecule has 0 bridgehead atoms. The van der Waals surface area contributed by atoms with Crippen molar-refractivity contribution < 1.29 is 4.79 Å². The molecule has 0 fully saturated rings. The number of aromatic amines is 1. The molecule has 2 rings (SSSR count). The SMILES string of the molecule is CC(=O)c1ccc(Sc2n[nH]c(=O)n2C)cc1Cl. The monoisotopic (exact) mass is 283 g/mol. The lowest BCUT2D eigenvalue weighted by Gasteiger charge is -2.03. The van der Waals surface area contributed by atoms with Gasteiger partial charge < -0.3 is 0 Å². The number of nitrogens with zero attached hydrogens (tertiary/aromatic N) is 2. The standard InChI is InChI=1S/C11H10ClN3O2S/c1-6(16)8-4-3-7(5-9(8)12)18-11-14-13-10(17)15(11)2/h3-5H,1-2H3,(H,13,17). The van der Waals surface area contributed by atoms with Gasteiger partial charge >= 0.3 is 5.69 Å². The Balaban J connectivity index is 2.31. The molecule has 0 saturated heterocycles. The van der Waals surface area contributed by atoms with E-state index < -0.39 is 0 Å². The van der Waals surface area contributed by atoms with E-state index in [-0.39, 0.29) is 11.5 Å². The summed E-state index contributed by atoms with van der Waals surface area (Å²) in [5, 5.41) is 7.16. The van der Waals surface area contributed by atoms with Crippen LogP contribution < -0.4 is 5.69 Å². The van der Waals surface area contributed by atoms with Crippen LogP contribution in [0.4, 0.5) is 0 Å². The summed E-state index contributed by atoms with van der Waals surface area (Å²) >= 11 is 7.30. The highest BCUT2D eigenvalue weighted by Gasteiger charge is 2.10.